The lowest BCUT2D eigenvalue weighted by Crippen LogP contribution is -2.01. The van der Waals surface area contributed by atoms with E-state index in [1.165, 1.54) is 112 Å². The molecule has 0 aliphatic carbocycles. The van der Waals surface area contributed by atoms with E-state index in [0.717, 1.165) is 11.8 Å². The molecule has 0 aliphatic heterocycles. The minimum Gasteiger partial charge on any atom is -0.143 e. The van der Waals surface area contributed by atoms with E-state index in [9.17, 15) is 0 Å². The quantitative estimate of drug-likeness (QED) is 0.0982. The predicted octanol–water partition coefficient (Wildman–Crippen LogP) is 14.2. The van der Waals surface area contributed by atoms with Crippen LogP contribution in [0.25, 0.3) is 41.1 Å². The smallest absolute Gasteiger partial charge is 0.0605 e. The molecule has 2 atom stereocenters. The van der Waals surface area contributed by atoms with Gasteiger partial charge in [0.25, 0.3) is 0 Å². The van der Waals surface area contributed by atoms with Crippen molar-refractivity contribution >= 4 is 89.0 Å². The lowest BCUT2D eigenvalue weighted by molar-refractivity contribution is 0.499. The van der Waals surface area contributed by atoms with Crippen LogP contribution in [0.4, 0.5) is 0 Å². The third kappa shape index (κ3) is 7.06. The van der Waals surface area contributed by atoms with E-state index < -0.39 is 0 Å². The number of rotatable bonds is 16. The standard InChI is InChI=1S/C34H42S6/c1-5-9-11-23(7-3)21-37-29-15-13-27(39-29)31-25-17-19-36-34(25)32(26-18-20-35-33(26)31)28-14-16-30(40-28)38-22-24(8-4)12-10-6-2/h13-20,23-24H,5-12,21-22H2,1-4H3. The Kier molecular flexibility index (Phi) is 11.6. The van der Waals surface area contributed by atoms with Crippen LogP contribution in [0.2, 0.25) is 0 Å². The molecule has 0 nitrogen and oxygen atoms in total. The third-order valence-electron chi connectivity index (χ3n) is 7.99. The summed E-state index contributed by atoms with van der Waals surface area (Å²) >= 11 is 12.0. The first-order chi connectivity index (χ1) is 19.7. The normalized spacial score (nSPS) is 13.5. The van der Waals surface area contributed by atoms with Crippen molar-refractivity contribution in [2.45, 2.75) is 87.5 Å². The number of benzene rings is 1. The fourth-order valence-electron chi connectivity index (χ4n) is 5.39. The van der Waals surface area contributed by atoms with Gasteiger partial charge < -0.3 is 0 Å². The number of unbranched alkanes of at least 4 members (excludes halogenated alkanes) is 2. The first kappa shape index (κ1) is 30.7. The Balaban J connectivity index is 1.42. The largest absolute Gasteiger partial charge is 0.143 e. The maximum Gasteiger partial charge on any atom is 0.0605 e. The molecule has 2 unspecified atom stereocenters. The topological polar surface area (TPSA) is 0 Å². The van der Waals surface area contributed by atoms with Crippen molar-refractivity contribution in [3.05, 3.63) is 47.2 Å². The zero-order chi connectivity index (χ0) is 27.9. The molecule has 6 heteroatoms. The molecule has 0 saturated heterocycles. The van der Waals surface area contributed by atoms with Crippen LogP contribution in [0.5, 0.6) is 0 Å². The molecule has 0 bridgehead atoms. The summed E-state index contributed by atoms with van der Waals surface area (Å²) in [5, 5.41) is 7.45. The Morgan fingerprint density at radius 3 is 1.45 bits per heavy atom. The number of fused-ring (bicyclic) bond motifs is 2. The molecule has 40 heavy (non-hydrogen) atoms. The Labute approximate surface area is 266 Å². The van der Waals surface area contributed by atoms with Gasteiger partial charge in [-0.25, -0.2) is 0 Å². The molecule has 4 heterocycles. The molecule has 0 fully saturated rings. The van der Waals surface area contributed by atoms with Gasteiger partial charge in [-0.2, -0.15) is 0 Å². The second kappa shape index (κ2) is 15.1. The zero-order valence-corrected chi connectivity index (χ0v) is 29.2. The van der Waals surface area contributed by atoms with Crippen molar-refractivity contribution in [1.82, 2.24) is 0 Å². The molecule has 5 rings (SSSR count). The van der Waals surface area contributed by atoms with E-state index in [2.05, 4.69) is 98.4 Å². The van der Waals surface area contributed by atoms with Gasteiger partial charge in [0, 0.05) is 52.6 Å². The van der Waals surface area contributed by atoms with Crippen LogP contribution in [0.3, 0.4) is 0 Å². The van der Waals surface area contributed by atoms with Gasteiger partial charge in [0.05, 0.1) is 8.42 Å². The van der Waals surface area contributed by atoms with Gasteiger partial charge in [-0.1, -0.05) is 66.2 Å². The highest BCUT2D eigenvalue weighted by Gasteiger charge is 2.21. The summed E-state index contributed by atoms with van der Waals surface area (Å²) in [6, 6.07) is 14.2. The molecule has 0 spiro atoms. The summed E-state index contributed by atoms with van der Waals surface area (Å²) in [5.74, 6) is 4.16. The predicted molar refractivity (Wildman–Crippen MR) is 192 cm³/mol. The monoisotopic (exact) mass is 642 g/mol. The number of thioether (sulfide) groups is 2. The van der Waals surface area contributed by atoms with Gasteiger partial charge in [-0.3, -0.25) is 0 Å². The Hall–Kier alpha value is -0.760. The van der Waals surface area contributed by atoms with E-state index in [4.69, 9.17) is 0 Å². The van der Waals surface area contributed by atoms with Crippen LogP contribution in [0.1, 0.15) is 79.1 Å². The Bertz CT molecular complexity index is 1320. The van der Waals surface area contributed by atoms with Gasteiger partial charge in [0.15, 0.2) is 0 Å². The Morgan fingerprint density at radius 2 is 1.05 bits per heavy atom. The highest BCUT2D eigenvalue weighted by Crippen LogP contribution is 2.51. The van der Waals surface area contributed by atoms with Crippen LogP contribution in [0.15, 0.2) is 55.6 Å². The average Bonchev–Trinajstić information content (AvgIpc) is 3.79. The van der Waals surface area contributed by atoms with Crippen molar-refractivity contribution < 1.29 is 0 Å². The van der Waals surface area contributed by atoms with Gasteiger partial charge in [0.1, 0.15) is 0 Å². The second-order valence-corrected chi connectivity index (χ2v) is 17.4. The van der Waals surface area contributed by atoms with Crippen molar-refractivity contribution in [2.75, 3.05) is 11.5 Å². The van der Waals surface area contributed by atoms with E-state index in [1.807, 2.05) is 45.3 Å². The molecule has 0 N–H and O–H groups in total. The van der Waals surface area contributed by atoms with E-state index in [0.29, 0.717) is 0 Å². The van der Waals surface area contributed by atoms with E-state index in [-0.39, 0.29) is 0 Å². The highest BCUT2D eigenvalue weighted by atomic mass is 32.2. The molecule has 214 valence electrons. The maximum atomic E-state index is 2.38. The summed E-state index contributed by atoms with van der Waals surface area (Å²) in [6.07, 6.45) is 10.6. The van der Waals surface area contributed by atoms with Crippen LogP contribution >= 0.6 is 68.9 Å². The SMILES string of the molecule is CCCCC(CC)CSc1ccc(-c2c3ccsc3c(-c3ccc(SCC(CC)CCCC)s3)c3ccsc23)s1. The lowest BCUT2D eigenvalue weighted by Gasteiger charge is -2.13. The highest BCUT2D eigenvalue weighted by molar-refractivity contribution is 8.01. The van der Waals surface area contributed by atoms with Crippen molar-refractivity contribution in [3.8, 4) is 20.9 Å². The lowest BCUT2D eigenvalue weighted by atomic mass is 10.0. The molecular formula is C34H42S6. The van der Waals surface area contributed by atoms with Gasteiger partial charge in [-0.05, 0) is 71.8 Å². The molecule has 0 saturated carbocycles. The number of thiophene rings is 4. The van der Waals surface area contributed by atoms with Crippen LogP contribution in [0, 0.1) is 11.8 Å². The summed E-state index contributed by atoms with van der Waals surface area (Å²) in [5.41, 5.74) is 2.90. The minimum absolute atomic E-state index is 0.834. The van der Waals surface area contributed by atoms with E-state index in [1.54, 1.807) is 0 Å². The van der Waals surface area contributed by atoms with E-state index >= 15 is 0 Å². The first-order valence-corrected chi connectivity index (χ1v) is 20.4. The van der Waals surface area contributed by atoms with Crippen molar-refractivity contribution in [2.24, 2.45) is 11.8 Å². The summed E-state index contributed by atoms with van der Waals surface area (Å²) in [6.45, 7) is 9.32. The Morgan fingerprint density at radius 1 is 0.600 bits per heavy atom. The number of hydrogen-bond acceptors (Lipinski definition) is 6. The van der Waals surface area contributed by atoms with Gasteiger partial charge >= 0.3 is 0 Å². The summed E-state index contributed by atoms with van der Waals surface area (Å²) in [7, 11) is 0. The van der Waals surface area contributed by atoms with Crippen molar-refractivity contribution in [3.63, 3.8) is 0 Å². The third-order valence-corrected chi connectivity index (χ3v) is 15.0. The molecule has 5 aromatic rings. The molecular weight excluding hydrogens is 601 g/mol. The molecule has 0 radical (unpaired) electrons. The zero-order valence-electron chi connectivity index (χ0n) is 24.3. The van der Waals surface area contributed by atoms with Crippen molar-refractivity contribution in [1.29, 1.82) is 0 Å². The molecule has 4 aromatic heterocycles. The molecule has 1 aromatic carbocycles. The minimum atomic E-state index is 0.834. The van der Waals surface area contributed by atoms with Crippen LogP contribution in [-0.2, 0) is 0 Å². The number of hydrogen-bond donors (Lipinski definition) is 0. The second-order valence-electron chi connectivity index (χ2n) is 10.8. The van der Waals surface area contributed by atoms with Crippen LogP contribution in [-0.4, -0.2) is 11.5 Å². The maximum absolute atomic E-state index is 2.38. The summed E-state index contributed by atoms with van der Waals surface area (Å²) in [4.78, 5) is 2.85. The molecule has 0 amide bonds. The fourth-order valence-corrected chi connectivity index (χ4v) is 12.4. The van der Waals surface area contributed by atoms with Gasteiger partial charge in [-0.15, -0.1) is 68.9 Å². The average molecular weight is 643 g/mol. The fraction of sp³-hybridized carbons (Fsp3) is 0.471. The van der Waals surface area contributed by atoms with Gasteiger partial charge in [0.2, 0.25) is 0 Å². The summed E-state index contributed by atoms with van der Waals surface area (Å²) < 4.78 is 5.82. The molecule has 0 aliphatic rings. The first-order valence-electron chi connectivity index (χ1n) is 15.0. The van der Waals surface area contributed by atoms with Crippen LogP contribution < -0.4 is 0 Å².